The number of hydrogen-bond donors (Lipinski definition) is 3. The number of aryl methyl sites for hydroxylation is 1. The van der Waals surface area contributed by atoms with E-state index in [1.807, 2.05) is 19.2 Å². The number of phenolic OH excluding ortho intramolecular Hbond substituents is 1. The summed E-state index contributed by atoms with van der Waals surface area (Å²) >= 11 is 0. The molecule has 0 saturated heterocycles. The standard InChI is InChI=1S/C16H20N2O4/c1-2-4-15(20)18-22-16(21)6-3-5-11-10-17-14-8-7-12(19)9-13(11)14/h7-10,17,19H,2-6H2,1H3,(H,18,20). The number of amides is 1. The van der Waals surface area contributed by atoms with Gasteiger partial charge in [-0.25, -0.2) is 4.79 Å². The highest BCUT2D eigenvalue weighted by molar-refractivity contribution is 5.84. The number of aromatic nitrogens is 1. The molecule has 0 bridgehead atoms. The fraction of sp³-hybridized carbons (Fsp3) is 0.375. The number of nitrogens with one attached hydrogen (secondary N) is 2. The Morgan fingerprint density at radius 1 is 1.32 bits per heavy atom. The molecular formula is C16H20N2O4. The first-order valence-corrected chi connectivity index (χ1v) is 7.37. The van der Waals surface area contributed by atoms with Crippen LogP contribution in [0.2, 0.25) is 0 Å². The number of rotatable bonds is 6. The average molecular weight is 304 g/mol. The lowest BCUT2D eigenvalue weighted by Crippen LogP contribution is -2.26. The van der Waals surface area contributed by atoms with E-state index in [1.54, 1.807) is 12.1 Å². The monoisotopic (exact) mass is 304 g/mol. The fourth-order valence-electron chi connectivity index (χ4n) is 2.24. The average Bonchev–Trinajstić information content (AvgIpc) is 2.88. The molecule has 1 heterocycles. The number of aromatic hydroxyl groups is 1. The minimum atomic E-state index is -0.452. The number of hydrogen-bond acceptors (Lipinski definition) is 4. The van der Waals surface area contributed by atoms with Crippen LogP contribution in [-0.2, 0) is 20.8 Å². The maximum Gasteiger partial charge on any atom is 0.332 e. The molecule has 0 fully saturated rings. The van der Waals surface area contributed by atoms with Crippen molar-refractivity contribution < 1.29 is 19.5 Å². The predicted octanol–water partition coefficient (Wildman–Crippen LogP) is 2.57. The third-order valence-corrected chi connectivity index (χ3v) is 3.33. The maximum atomic E-state index is 11.5. The molecule has 0 spiro atoms. The lowest BCUT2D eigenvalue weighted by atomic mass is 10.1. The van der Waals surface area contributed by atoms with E-state index in [2.05, 4.69) is 10.5 Å². The van der Waals surface area contributed by atoms with Crippen molar-refractivity contribution in [1.82, 2.24) is 10.5 Å². The third-order valence-electron chi connectivity index (χ3n) is 3.33. The topological polar surface area (TPSA) is 91.4 Å². The van der Waals surface area contributed by atoms with E-state index < -0.39 is 5.97 Å². The lowest BCUT2D eigenvalue weighted by Gasteiger charge is -2.05. The molecule has 0 aliphatic heterocycles. The Kier molecular flexibility index (Phi) is 5.41. The van der Waals surface area contributed by atoms with Crippen LogP contribution in [0.4, 0.5) is 0 Å². The fourth-order valence-corrected chi connectivity index (χ4v) is 2.24. The largest absolute Gasteiger partial charge is 0.508 e. The van der Waals surface area contributed by atoms with Crippen molar-refractivity contribution in [2.24, 2.45) is 0 Å². The molecule has 6 nitrogen and oxygen atoms in total. The van der Waals surface area contributed by atoms with Gasteiger partial charge in [-0.1, -0.05) is 6.92 Å². The highest BCUT2D eigenvalue weighted by Crippen LogP contribution is 2.24. The molecule has 0 aliphatic carbocycles. The van der Waals surface area contributed by atoms with Crippen molar-refractivity contribution in [3.63, 3.8) is 0 Å². The van der Waals surface area contributed by atoms with Gasteiger partial charge in [-0.2, -0.15) is 5.48 Å². The third kappa shape index (κ3) is 4.25. The van der Waals surface area contributed by atoms with E-state index >= 15 is 0 Å². The molecule has 1 amide bonds. The van der Waals surface area contributed by atoms with Crippen LogP contribution in [0.1, 0.15) is 38.2 Å². The first-order valence-electron chi connectivity index (χ1n) is 7.37. The van der Waals surface area contributed by atoms with Crippen LogP contribution in [0.15, 0.2) is 24.4 Å². The van der Waals surface area contributed by atoms with Crippen LogP contribution in [0.5, 0.6) is 5.75 Å². The Labute approximate surface area is 128 Å². The van der Waals surface area contributed by atoms with E-state index in [-0.39, 0.29) is 18.1 Å². The molecule has 0 atom stereocenters. The molecule has 118 valence electrons. The van der Waals surface area contributed by atoms with E-state index in [0.717, 1.165) is 16.5 Å². The van der Waals surface area contributed by atoms with Crippen molar-refractivity contribution >= 4 is 22.8 Å². The van der Waals surface area contributed by atoms with Gasteiger partial charge in [0.05, 0.1) is 0 Å². The van der Waals surface area contributed by atoms with Crippen LogP contribution in [0.3, 0.4) is 0 Å². The molecule has 2 aromatic rings. The molecule has 3 N–H and O–H groups in total. The number of carbonyl (C=O) groups is 2. The molecular weight excluding hydrogens is 284 g/mol. The summed E-state index contributed by atoms with van der Waals surface area (Å²) in [4.78, 5) is 30.5. The van der Waals surface area contributed by atoms with Crippen LogP contribution >= 0.6 is 0 Å². The van der Waals surface area contributed by atoms with Gasteiger partial charge in [-0.05, 0) is 43.0 Å². The Balaban J connectivity index is 1.79. The quantitative estimate of drug-likeness (QED) is 0.715. The molecule has 0 radical (unpaired) electrons. The second kappa shape index (κ2) is 7.49. The Hall–Kier alpha value is -2.50. The minimum Gasteiger partial charge on any atom is -0.508 e. The predicted molar refractivity (Wildman–Crippen MR) is 82.0 cm³/mol. The number of phenols is 1. The summed E-state index contributed by atoms with van der Waals surface area (Å²) in [6, 6.07) is 5.13. The van der Waals surface area contributed by atoms with Crippen LogP contribution in [0, 0.1) is 0 Å². The SMILES string of the molecule is CCCC(=O)NOC(=O)CCCc1c[nH]c2ccc(O)cc12. The van der Waals surface area contributed by atoms with Gasteiger partial charge in [-0.15, -0.1) is 0 Å². The second-order valence-electron chi connectivity index (χ2n) is 5.15. The van der Waals surface area contributed by atoms with Crippen LogP contribution < -0.4 is 5.48 Å². The van der Waals surface area contributed by atoms with Crippen molar-refractivity contribution in [3.05, 3.63) is 30.0 Å². The Morgan fingerprint density at radius 3 is 2.91 bits per heavy atom. The normalized spacial score (nSPS) is 10.6. The molecule has 22 heavy (non-hydrogen) atoms. The molecule has 0 aliphatic rings. The Bertz CT molecular complexity index is 663. The van der Waals surface area contributed by atoms with Crippen molar-refractivity contribution in [1.29, 1.82) is 0 Å². The van der Waals surface area contributed by atoms with Gasteiger partial charge in [0, 0.05) is 29.9 Å². The maximum absolute atomic E-state index is 11.5. The molecule has 1 aromatic heterocycles. The summed E-state index contributed by atoms with van der Waals surface area (Å²) in [5.74, 6) is -0.526. The Morgan fingerprint density at radius 2 is 2.14 bits per heavy atom. The van der Waals surface area contributed by atoms with Gasteiger partial charge >= 0.3 is 5.97 Å². The number of carbonyl (C=O) groups excluding carboxylic acids is 2. The zero-order valence-corrected chi connectivity index (χ0v) is 12.5. The summed E-state index contributed by atoms with van der Waals surface area (Å²) in [5, 5.41) is 10.5. The van der Waals surface area contributed by atoms with Gasteiger partial charge in [0.1, 0.15) is 5.75 Å². The lowest BCUT2D eigenvalue weighted by molar-refractivity contribution is -0.158. The summed E-state index contributed by atoms with van der Waals surface area (Å²) in [6.07, 6.45) is 4.42. The summed E-state index contributed by atoms with van der Waals surface area (Å²) in [6.45, 7) is 1.88. The molecule has 6 heteroatoms. The minimum absolute atomic E-state index is 0.214. The summed E-state index contributed by atoms with van der Waals surface area (Å²) < 4.78 is 0. The van der Waals surface area contributed by atoms with Gasteiger partial charge in [-0.3, -0.25) is 4.79 Å². The van der Waals surface area contributed by atoms with Gasteiger partial charge in [0.25, 0.3) is 5.91 Å². The van der Waals surface area contributed by atoms with Crippen LogP contribution in [-0.4, -0.2) is 22.0 Å². The molecule has 1 aromatic carbocycles. The molecule has 2 rings (SSSR count). The van der Waals surface area contributed by atoms with E-state index in [0.29, 0.717) is 25.7 Å². The number of hydroxylamine groups is 1. The van der Waals surface area contributed by atoms with E-state index in [9.17, 15) is 14.7 Å². The number of fused-ring (bicyclic) bond motifs is 1. The van der Waals surface area contributed by atoms with Gasteiger partial charge < -0.3 is 14.9 Å². The molecule has 0 saturated carbocycles. The molecule has 0 unspecified atom stereocenters. The first-order chi connectivity index (χ1) is 10.6. The highest BCUT2D eigenvalue weighted by Gasteiger charge is 2.08. The van der Waals surface area contributed by atoms with Gasteiger partial charge in [0.2, 0.25) is 0 Å². The van der Waals surface area contributed by atoms with Crippen molar-refractivity contribution in [3.8, 4) is 5.75 Å². The van der Waals surface area contributed by atoms with Gasteiger partial charge in [0.15, 0.2) is 0 Å². The van der Waals surface area contributed by atoms with Crippen molar-refractivity contribution in [2.75, 3.05) is 0 Å². The zero-order chi connectivity index (χ0) is 15.9. The first kappa shape index (κ1) is 15.9. The smallest absolute Gasteiger partial charge is 0.332 e. The highest BCUT2D eigenvalue weighted by atomic mass is 16.7. The van der Waals surface area contributed by atoms with Crippen LogP contribution in [0.25, 0.3) is 10.9 Å². The summed E-state index contributed by atoms with van der Waals surface area (Å²) in [7, 11) is 0. The van der Waals surface area contributed by atoms with E-state index in [4.69, 9.17) is 4.84 Å². The van der Waals surface area contributed by atoms with Crippen molar-refractivity contribution in [2.45, 2.75) is 39.0 Å². The number of H-pyrrole nitrogens is 1. The number of benzene rings is 1. The summed E-state index contributed by atoms with van der Waals surface area (Å²) in [5.41, 5.74) is 4.12. The van der Waals surface area contributed by atoms with E-state index in [1.165, 1.54) is 0 Å². The zero-order valence-electron chi connectivity index (χ0n) is 12.5. The number of aromatic amines is 1. The second-order valence-corrected chi connectivity index (χ2v) is 5.15.